The Hall–Kier alpha value is -2.41. The standard InChI is InChI=1S/C18H25N7/c1-23(2)18-21-16(20-17(19)22-18)12-24-8-13-10-25(11-14(13)9-24)15-6-4-3-5-7-15/h3-7,13-14H,8-12H2,1-2H3,(H2,19,20,21,22). The lowest BCUT2D eigenvalue weighted by Gasteiger charge is -2.23. The molecule has 2 fully saturated rings. The number of nitrogens with two attached hydrogens (primary N) is 1. The van der Waals surface area contributed by atoms with Crippen molar-refractivity contribution in [3.8, 4) is 0 Å². The molecule has 1 aromatic carbocycles. The van der Waals surface area contributed by atoms with Crippen LogP contribution < -0.4 is 15.5 Å². The molecule has 2 aliphatic rings. The number of hydrogen-bond donors (Lipinski definition) is 1. The number of benzene rings is 1. The summed E-state index contributed by atoms with van der Waals surface area (Å²) in [6.07, 6.45) is 0. The Kier molecular flexibility index (Phi) is 4.17. The number of likely N-dealkylation sites (tertiary alicyclic amines) is 1. The lowest BCUT2D eigenvalue weighted by Crippen LogP contribution is -2.29. The number of anilines is 3. The van der Waals surface area contributed by atoms with Gasteiger partial charge in [-0.05, 0) is 24.0 Å². The molecule has 7 heteroatoms. The number of nitrogen functional groups attached to an aromatic ring is 1. The third-order valence-electron chi connectivity index (χ3n) is 5.14. The summed E-state index contributed by atoms with van der Waals surface area (Å²) in [6.45, 7) is 5.20. The Morgan fingerprint density at radius 3 is 2.32 bits per heavy atom. The molecule has 1 aromatic heterocycles. The van der Waals surface area contributed by atoms with Crippen molar-refractivity contribution < 1.29 is 0 Å². The molecular weight excluding hydrogens is 314 g/mol. The summed E-state index contributed by atoms with van der Waals surface area (Å²) in [5.74, 6) is 3.11. The first-order chi connectivity index (χ1) is 12.1. The van der Waals surface area contributed by atoms with Crippen molar-refractivity contribution in [2.45, 2.75) is 6.54 Å². The van der Waals surface area contributed by atoms with E-state index >= 15 is 0 Å². The molecule has 2 aliphatic heterocycles. The SMILES string of the molecule is CN(C)c1nc(N)nc(CN2CC3CN(c4ccccc4)CC3C2)n1. The number of rotatable bonds is 4. The van der Waals surface area contributed by atoms with Crippen LogP contribution in [0.2, 0.25) is 0 Å². The fourth-order valence-electron chi connectivity index (χ4n) is 3.96. The Morgan fingerprint density at radius 1 is 1.00 bits per heavy atom. The first kappa shape index (κ1) is 16.1. The Morgan fingerprint density at radius 2 is 1.68 bits per heavy atom. The summed E-state index contributed by atoms with van der Waals surface area (Å²) < 4.78 is 0. The third kappa shape index (κ3) is 3.37. The van der Waals surface area contributed by atoms with E-state index in [9.17, 15) is 0 Å². The number of nitrogens with zero attached hydrogens (tertiary/aromatic N) is 6. The zero-order valence-electron chi connectivity index (χ0n) is 14.8. The fraction of sp³-hybridized carbons (Fsp3) is 0.500. The van der Waals surface area contributed by atoms with Gasteiger partial charge in [-0.25, -0.2) is 0 Å². The third-order valence-corrected chi connectivity index (χ3v) is 5.14. The van der Waals surface area contributed by atoms with Gasteiger partial charge in [0.15, 0.2) is 0 Å². The van der Waals surface area contributed by atoms with Crippen molar-refractivity contribution in [2.75, 3.05) is 55.8 Å². The van der Waals surface area contributed by atoms with Gasteiger partial charge in [-0.15, -0.1) is 0 Å². The molecule has 2 saturated heterocycles. The van der Waals surface area contributed by atoms with E-state index in [1.54, 1.807) is 0 Å². The van der Waals surface area contributed by atoms with Gasteiger partial charge in [0.25, 0.3) is 0 Å². The zero-order valence-corrected chi connectivity index (χ0v) is 14.8. The van der Waals surface area contributed by atoms with E-state index in [1.165, 1.54) is 5.69 Å². The van der Waals surface area contributed by atoms with Gasteiger partial charge < -0.3 is 15.5 Å². The second kappa shape index (κ2) is 6.48. The van der Waals surface area contributed by atoms with Crippen LogP contribution in [0, 0.1) is 11.8 Å². The second-order valence-corrected chi connectivity index (χ2v) is 7.26. The predicted molar refractivity (Wildman–Crippen MR) is 99.5 cm³/mol. The molecule has 0 radical (unpaired) electrons. The van der Waals surface area contributed by atoms with E-state index in [2.05, 4.69) is 55.1 Å². The van der Waals surface area contributed by atoms with E-state index in [0.717, 1.165) is 38.5 Å². The Labute approximate surface area is 148 Å². The highest BCUT2D eigenvalue weighted by molar-refractivity contribution is 5.47. The largest absolute Gasteiger partial charge is 0.371 e. The van der Waals surface area contributed by atoms with E-state index in [1.807, 2.05) is 19.0 Å². The number of para-hydroxylation sites is 1. The lowest BCUT2D eigenvalue weighted by molar-refractivity contribution is 0.301. The lowest BCUT2D eigenvalue weighted by atomic mass is 10.0. The number of aromatic nitrogens is 3. The first-order valence-electron chi connectivity index (χ1n) is 8.78. The quantitative estimate of drug-likeness (QED) is 0.893. The topological polar surface area (TPSA) is 74.4 Å². The molecule has 2 atom stereocenters. The average molecular weight is 339 g/mol. The van der Waals surface area contributed by atoms with Crippen molar-refractivity contribution >= 4 is 17.6 Å². The van der Waals surface area contributed by atoms with E-state index in [0.29, 0.717) is 23.7 Å². The van der Waals surface area contributed by atoms with Crippen molar-refractivity contribution in [2.24, 2.45) is 11.8 Å². The molecule has 0 aliphatic carbocycles. The molecule has 0 amide bonds. The maximum Gasteiger partial charge on any atom is 0.229 e. The summed E-state index contributed by atoms with van der Waals surface area (Å²) in [5.41, 5.74) is 7.17. The molecule has 4 rings (SSSR count). The van der Waals surface area contributed by atoms with Crippen LogP contribution in [0.5, 0.6) is 0 Å². The van der Waals surface area contributed by atoms with E-state index < -0.39 is 0 Å². The van der Waals surface area contributed by atoms with Crippen molar-refractivity contribution in [3.05, 3.63) is 36.2 Å². The highest BCUT2D eigenvalue weighted by Gasteiger charge is 2.40. The maximum absolute atomic E-state index is 5.83. The minimum absolute atomic E-state index is 0.295. The number of hydrogen-bond acceptors (Lipinski definition) is 7. The minimum atomic E-state index is 0.295. The highest BCUT2D eigenvalue weighted by Crippen LogP contribution is 2.34. The molecule has 2 aromatic rings. The summed E-state index contributed by atoms with van der Waals surface area (Å²) in [7, 11) is 3.83. The van der Waals surface area contributed by atoms with Crippen LogP contribution in [0.3, 0.4) is 0 Å². The molecule has 2 N–H and O–H groups in total. The normalized spacial score (nSPS) is 23.0. The summed E-state index contributed by atoms with van der Waals surface area (Å²) in [4.78, 5) is 19.8. The molecule has 25 heavy (non-hydrogen) atoms. The van der Waals surface area contributed by atoms with Crippen LogP contribution in [0.15, 0.2) is 30.3 Å². The van der Waals surface area contributed by atoms with Crippen LogP contribution in [0.25, 0.3) is 0 Å². The summed E-state index contributed by atoms with van der Waals surface area (Å²) in [6, 6.07) is 10.7. The van der Waals surface area contributed by atoms with Crippen LogP contribution in [0.1, 0.15) is 5.82 Å². The van der Waals surface area contributed by atoms with Crippen LogP contribution in [0.4, 0.5) is 17.6 Å². The Balaban J connectivity index is 1.39. The monoisotopic (exact) mass is 339 g/mol. The number of fused-ring (bicyclic) bond motifs is 1. The fourth-order valence-corrected chi connectivity index (χ4v) is 3.96. The predicted octanol–water partition coefficient (Wildman–Crippen LogP) is 1.09. The van der Waals surface area contributed by atoms with Gasteiger partial charge in [-0.3, -0.25) is 4.90 Å². The molecule has 132 valence electrons. The second-order valence-electron chi connectivity index (χ2n) is 7.26. The van der Waals surface area contributed by atoms with E-state index in [-0.39, 0.29) is 0 Å². The van der Waals surface area contributed by atoms with Crippen LogP contribution in [-0.2, 0) is 6.54 Å². The van der Waals surface area contributed by atoms with Crippen molar-refractivity contribution in [3.63, 3.8) is 0 Å². The van der Waals surface area contributed by atoms with Gasteiger partial charge in [0, 0.05) is 46.0 Å². The average Bonchev–Trinajstić information content (AvgIpc) is 3.13. The van der Waals surface area contributed by atoms with Gasteiger partial charge in [-0.2, -0.15) is 15.0 Å². The van der Waals surface area contributed by atoms with E-state index in [4.69, 9.17) is 5.73 Å². The van der Waals surface area contributed by atoms with Crippen molar-refractivity contribution in [1.82, 2.24) is 19.9 Å². The van der Waals surface area contributed by atoms with Crippen LogP contribution >= 0.6 is 0 Å². The molecule has 7 nitrogen and oxygen atoms in total. The van der Waals surface area contributed by atoms with Gasteiger partial charge in [0.2, 0.25) is 11.9 Å². The van der Waals surface area contributed by atoms with Crippen molar-refractivity contribution in [1.29, 1.82) is 0 Å². The van der Waals surface area contributed by atoms with Gasteiger partial charge >= 0.3 is 0 Å². The molecule has 3 heterocycles. The van der Waals surface area contributed by atoms with Gasteiger partial charge in [0.05, 0.1) is 6.54 Å². The molecule has 0 spiro atoms. The van der Waals surface area contributed by atoms with Gasteiger partial charge in [0.1, 0.15) is 5.82 Å². The zero-order chi connectivity index (χ0) is 17.4. The molecular formula is C18H25N7. The molecule has 2 unspecified atom stereocenters. The maximum atomic E-state index is 5.83. The Bertz CT molecular complexity index is 719. The van der Waals surface area contributed by atoms with Gasteiger partial charge in [-0.1, -0.05) is 18.2 Å². The minimum Gasteiger partial charge on any atom is -0.371 e. The molecule has 0 bridgehead atoms. The summed E-state index contributed by atoms with van der Waals surface area (Å²) >= 11 is 0. The summed E-state index contributed by atoms with van der Waals surface area (Å²) in [5, 5.41) is 0. The highest BCUT2D eigenvalue weighted by atomic mass is 15.3. The first-order valence-corrected chi connectivity index (χ1v) is 8.78. The molecule has 0 saturated carbocycles. The smallest absolute Gasteiger partial charge is 0.229 e. The van der Waals surface area contributed by atoms with Crippen LogP contribution in [-0.4, -0.2) is 60.1 Å².